The molecule has 0 aliphatic heterocycles. The molecule has 0 bridgehead atoms. The van der Waals surface area contributed by atoms with Crippen LogP contribution in [0.4, 0.5) is 0 Å². The average molecular weight is 341 g/mol. The van der Waals surface area contributed by atoms with Crippen LogP contribution in [0.3, 0.4) is 0 Å². The number of pyridine rings is 1. The number of aromatic hydroxyl groups is 1. The van der Waals surface area contributed by atoms with Gasteiger partial charge in [0.05, 0.1) is 18.8 Å². The van der Waals surface area contributed by atoms with Crippen molar-refractivity contribution in [1.29, 1.82) is 0 Å². The lowest BCUT2D eigenvalue weighted by molar-refractivity contribution is -0.143. The summed E-state index contributed by atoms with van der Waals surface area (Å²) in [5.74, 6) is -2.15. The first-order chi connectivity index (χ1) is 11.5. The topological polar surface area (TPSA) is 104 Å². The molecule has 134 valence electrons. The first kappa shape index (κ1) is 19.9. The van der Waals surface area contributed by atoms with Gasteiger partial charge in [0.15, 0.2) is 5.75 Å². The highest BCUT2D eigenvalue weighted by atomic mass is 16.7. The van der Waals surface area contributed by atoms with Crippen molar-refractivity contribution in [2.75, 3.05) is 26.4 Å². The first-order valence-electron chi connectivity index (χ1n) is 7.80. The van der Waals surface area contributed by atoms with E-state index in [4.69, 9.17) is 18.9 Å². The maximum atomic E-state index is 12.2. The fourth-order valence-corrected chi connectivity index (χ4v) is 1.97. The lowest BCUT2D eigenvalue weighted by Crippen LogP contribution is -2.18. The van der Waals surface area contributed by atoms with E-state index < -0.39 is 24.0 Å². The van der Waals surface area contributed by atoms with Gasteiger partial charge in [0.25, 0.3) is 0 Å². The predicted molar refractivity (Wildman–Crippen MR) is 83.8 cm³/mol. The summed E-state index contributed by atoms with van der Waals surface area (Å²) >= 11 is 0. The zero-order chi connectivity index (χ0) is 18.1. The van der Waals surface area contributed by atoms with Crippen molar-refractivity contribution in [3.05, 3.63) is 23.0 Å². The molecule has 1 heterocycles. The Balaban J connectivity index is 3.42. The minimum Gasteiger partial charge on any atom is -0.505 e. The molecular formula is C16H23NO7. The minimum absolute atomic E-state index is 0.00481. The molecule has 8 heteroatoms. The monoisotopic (exact) mass is 341 g/mol. The Morgan fingerprint density at radius 2 is 1.54 bits per heavy atom. The number of hydrogen-bond donors (Lipinski definition) is 1. The van der Waals surface area contributed by atoms with Crippen LogP contribution >= 0.6 is 0 Å². The molecule has 0 amide bonds. The van der Waals surface area contributed by atoms with Crippen LogP contribution in [0.25, 0.3) is 0 Å². The molecule has 0 atom stereocenters. The third-order valence-electron chi connectivity index (χ3n) is 2.92. The molecular weight excluding hydrogens is 318 g/mol. The minimum atomic E-state index is -0.968. The van der Waals surface area contributed by atoms with Gasteiger partial charge in [-0.3, -0.25) is 4.98 Å². The number of hydrogen-bond acceptors (Lipinski definition) is 8. The van der Waals surface area contributed by atoms with Crippen molar-refractivity contribution >= 4 is 11.9 Å². The summed E-state index contributed by atoms with van der Waals surface area (Å²) in [4.78, 5) is 28.2. The summed E-state index contributed by atoms with van der Waals surface area (Å²) < 4.78 is 20.6. The zero-order valence-electron chi connectivity index (χ0n) is 14.3. The second-order valence-corrected chi connectivity index (χ2v) is 4.46. The Labute approximate surface area is 140 Å². The van der Waals surface area contributed by atoms with E-state index >= 15 is 0 Å². The highest BCUT2D eigenvalue weighted by Crippen LogP contribution is 2.32. The Bertz CT molecular complexity index is 568. The molecule has 0 saturated heterocycles. The summed E-state index contributed by atoms with van der Waals surface area (Å²) in [5.41, 5.74) is -0.497. The van der Waals surface area contributed by atoms with Gasteiger partial charge >= 0.3 is 11.9 Å². The first-order valence-corrected chi connectivity index (χ1v) is 7.80. The molecule has 1 rings (SSSR count). The predicted octanol–water partition coefficient (Wildman–Crippen LogP) is 2.21. The summed E-state index contributed by atoms with van der Waals surface area (Å²) in [7, 11) is 0. The Kier molecular flexibility index (Phi) is 8.14. The third-order valence-corrected chi connectivity index (χ3v) is 2.92. The molecule has 1 aromatic rings. The van der Waals surface area contributed by atoms with Crippen LogP contribution < -0.4 is 0 Å². The maximum absolute atomic E-state index is 12.2. The summed E-state index contributed by atoms with van der Waals surface area (Å²) in [6.07, 6.45) is 0.175. The summed E-state index contributed by atoms with van der Waals surface area (Å²) in [6.45, 7) is 7.56. The van der Waals surface area contributed by atoms with Gasteiger partial charge in [0.2, 0.25) is 6.29 Å². The number of carbonyl (C=O) groups is 2. The molecule has 0 aliphatic carbocycles. The van der Waals surface area contributed by atoms with E-state index in [0.717, 1.165) is 6.20 Å². The molecule has 1 N–H and O–H groups in total. The molecule has 24 heavy (non-hydrogen) atoms. The highest BCUT2D eigenvalue weighted by molar-refractivity contribution is 6.05. The largest absolute Gasteiger partial charge is 0.505 e. The molecule has 0 spiro atoms. The quantitative estimate of drug-likeness (QED) is 0.538. The summed E-state index contributed by atoms with van der Waals surface area (Å²) in [6, 6.07) is 0. The van der Waals surface area contributed by atoms with Crippen LogP contribution in [0, 0.1) is 0 Å². The average Bonchev–Trinajstić information content (AvgIpc) is 2.54. The van der Waals surface area contributed by atoms with E-state index in [9.17, 15) is 14.7 Å². The number of nitrogens with zero attached hydrogens (tertiary/aromatic N) is 1. The Morgan fingerprint density at radius 3 is 2.04 bits per heavy atom. The number of ether oxygens (including phenoxy) is 4. The highest BCUT2D eigenvalue weighted by Gasteiger charge is 2.29. The second kappa shape index (κ2) is 9.84. The number of aromatic nitrogens is 1. The molecule has 0 aliphatic rings. The van der Waals surface area contributed by atoms with E-state index in [-0.39, 0.29) is 30.0 Å². The number of carbonyl (C=O) groups excluding carboxylic acids is 2. The zero-order valence-corrected chi connectivity index (χ0v) is 14.3. The molecule has 1 aromatic heterocycles. The lowest BCUT2D eigenvalue weighted by atomic mass is 10.1. The molecule has 0 unspecified atom stereocenters. The molecule has 0 fully saturated rings. The maximum Gasteiger partial charge on any atom is 0.342 e. The number of rotatable bonds is 9. The lowest BCUT2D eigenvalue weighted by Gasteiger charge is -2.19. The van der Waals surface area contributed by atoms with E-state index in [2.05, 4.69) is 4.98 Å². The van der Waals surface area contributed by atoms with Crippen LogP contribution in [0.1, 0.15) is 60.4 Å². The van der Waals surface area contributed by atoms with Crippen LogP contribution in [0.15, 0.2) is 6.20 Å². The van der Waals surface area contributed by atoms with Crippen molar-refractivity contribution in [1.82, 2.24) is 4.98 Å². The normalized spacial score (nSPS) is 10.7. The van der Waals surface area contributed by atoms with E-state index in [1.807, 2.05) is 0 Å². The van der Waals surface area contributed by atoms with E-state index in [0.29, 0.717) is 13.2 Å². The van der Waals surface area contributed by atoms with Gasteiger partial charge in [-0.25, -0.2) is 9.59 Å². The van der Waals surface area contributed by atoms with Crippen molar-refractivity contribution < 1.29 is 33.6 Å². The van der Waals surface area contributed by atoms with Crippen molar-refractivity contribution in [3.63, 3.8) is 0 Å². The molecule has 8 nitrogen and oxygen atoms in total. The van der Waals surface area contributed by atoms with Crippen molar-refractivity contribution in [2.24, 2.45) is 0 Å². The Hall–Kier alpha value is -2.19. The molecule has 0 aromatic carbocycles. The standard InChI is InChI=1S/C16H23NO7/c1-5-21-14(19)10-9-17-12(16(23-7-3)24-8-4)13(18)11(10)15(20)22-6-2/h9,16,18H,5-8H2,1-4H3. The van der Waals surface area contributed by atoms with Crippen LogP contribution in [0.5, 0.6) is 5.75 Å². The van der Waals surface area contributed by atoms with Gasteiger partial charge < -0.3 is 24.1 Å². The fraction of sp³-hybridized carbons (Fsp3) is 0.562. The fourth-order valence-electron chi connectivity index (χ4n) is 1.97. The summed E-state index contributed by atoms with van der Waals surface area (Å²) in [5, 5.41) is 10.5. The molecule has 0 radical (unpaired) electrons. The van der Waals surface area contributed by atoms with Crippen LogP contribution in [0.2, 0.25) is 0 Å². The Morgan fingerprint density at radius 1 is 1.00 bits per heavy atom. The van der Waals surface area contributed by atoms with Gasteiger partial charge in [-0.2, -0.15) is 0 Å². The SMILES string of the molecule is CCOC(=O)c1cnc(C(OCC)OCC)c(O)c1C(=O)OCC. The van der Waals surface area contributed by atoms with Gasteiger partial charge in [0, 0.05) is 19.4 Å². The van der Waals surface area contributed by atoms with E-state index in [1.165, 1.54) is 0 Å². The van der Waals surface area contributed by atoms with Gasteiger partial charge in [0.1, 0.15) is 11.3 Å². The molecule has 0 saturated carbocycles. The smallest absolute Gasteiger partial charge is 0.342 e. The second-order valence-electron chi connectivity index (χ2n) is 4.46. The number of esters is 2. The van der Waals surface area contributed by atoms with Crippen molar-refractivity contribution in [3.8, 4) is 5.75 Å². The van der Waals surface area contributed by atoms with Crippen molar-refractivity contribution in [2.45, 2.75) is 34.0 Å². The van der Waals surface area contributed by atoms with Crippen LogP contribution in [-0.2, 0) is 18.9 Å². The van der Waals surface area contributed by atoms with Gasteiger partial charge in [-0.05, 0) is 27.7 Å². The van der Waals surface area contributed by atoms with Gasteiger partial charge in [-0.15, -0.1) is 0 Å². The van der Waals surface area contributed by atoms with E-state index in [1.54, 1.807) is 27.7 Å². The third kappa shape index (κ3) is 4.65. The van der Waals surface area contributed by atoms with Gasteiger partial charge in [-0.1, -0.05) is 0 Å². The van der Waals surface area contributed by atoms with Crippen LogP contribution in [-0.4, -0.2) is 48.5 Å².